The Bertz CT molecular complexity index is 192. The van der Waals surface area contributed by atoms with E-state index in [9.17, 15) is 0 Å². The summed E-state index contributed by atoms with van der Waals surface area (Å²) in [4.78, 5) is 3.85. The van der Waals surface area contributed by atoms with E-state index in [0.29, 0.717) is 5.61 Å². The number of hydrogen-bond donors (Lipinski definition) is 0. The third kappa shape index (κ3) is 4.37. The van der Waals surface area contributed by atoms with E-state index in [2.05, 4.69) is 18.2 Å². The van der Waals surface area contributed by atoms with Gasteiger partial charge >= 0.3 is 0 Å². The van der Waals surface area contributed by atoms with E-state index in [1.807, 2.05) is 19.1 Å². The highest BCUT2D eigenvalue weighted by Crippen LogP contribution is 1.98. The monoisotopic (exact) mass is 145 g/mol. The average molecular weight is 145 g/mol. The summed E-state index contributed by atoms with van der Waals surface area (Å²) < 4.78 is 0. The summed E-state index contributed by atoms with van der Waals surface area (Å²) in [6.45, 7) is 8.96. The van der Waals surface area contributed by atoms with Gasteiger partial charge in [0.2, 0.25) is 0 Å². The fraction of sp³-hybridized carbons (Fsp3) is 0.222. The zero-order valence-electron chi connectivity index (χ0n) is 6.83. The summed E-state index contributed by atoms with van der Waals surface area (Å²) in [7, 11) is 5.56. The summed E-state index contributed by atoms with van der Waals surface area (Å²) >= 11 is 0. The molecule has 1 nitrogen and oxygen atoms in total. The van der Waals surface area contributed by atoms with Crippen LogP contribution in [0.15, 0.2) is 42.6 Å². The summed E-state index contributed by atoms with van der Waals surface area (Å²) in [5.41, 5.74) is 0.568. The minimum Gasteiger partial charge on any atom is -0.277 e. The van der Waals surface area contributed by atoms with Crippen molar-refractivity contribution in [1.29, 1.82) is 0 Å². The fourth-order valence-corrected chi connectivity index (χ4v) is 0.567. The predicted molar refractivity (Wildman–Crippen MR) is 51.9 cm³/mol. The molecule has 0 aliphatic carbocycles. The van der Waals surface area contributed by atoms with Crippen molar-refractivity contribution >= 4 is 13.5 Å². The number of nitrogens with zero attached hydrogens (tertiary/aromatic N) is 1. The molecule has 0 bridgehead atoms. The third-order valence-electron chi connectivity index (χ3n) is 1.24. The Kier molecular flexibility index (Phi) is 5.17. The third-order valence-corrected chi connectivity index (χ3v) is 1.24. The van der Waals surface area contributed by atoms with E-state index in [-0.39, 0.29) is 5.92 Å². The van der Waals surface area contributed by atoms with Crippen molar-refractivity contribution in [2.45, 2.75) is 6.92 Å². The average Bonchev–Trinajstić information content (AvgIpc) is 2.00. The van der Waals surface area contributed by atoms with Crippen LogP contribution in [0.5, 0.6) is 0 Å². The lowest BCUT2D eigenvalue weighted by Gasteiger charge is -2.03. The first-order valence-electron chi connectivity index (χ1n) is 3.45. The number of aliphatic imine (C=N–C) groups is 1. The second-order valence-electron chi connectivity index (χ2n) is 2.15. The van der Waals surface area contributed by atoms with E-state index in [1.54, 1.807) is 6.08 Å². The molecule has 0 aliphatic heterocycles. The highest BCUT2D eigenvalue weighted by Gasteiger charge is 1.97. The van der Waals surface area contributed by atoms with Gasteiger partial charge in [-0.15, -0.1) is 0 Å². The second-order valence-corrected chi connectivity index (χ2v) is 2.15. The van der Waals surface area contributed by atoms with Crippen LogP contribution in [0.25, 0.3) is 0 Å². The van der Waals surface area contributed by atoms with Crippen molar-refractivity contribution in [3.05, 3.63) is 37.6 Å². The SMILES string of the molecule is [B]C(=NC=C)C(C)/C=C\C=C. The molecule has 0 rings (SSSR count). The Hall–Kier alpha value is -1.05. The van der Waals surface area contributed by atoms with Crippen LogP contribution in [0.4, 0.5) is 0 Å². The van der Waals surface area contributed by atoms with Crippen LogP contribution in [0.3, 0.4) is 0 Å². The van der Waals surface area contributed by atoms with Gasteiger partial charge in [-0.3, -0.25) is 4.99 Å². The summed E-state index contributed by atoms with van der Waals surface area (Å²) in [6.07, 6.45) is 6.91. The lowest BCUT2D eigenvalue weighted by molar-refractivity contribution is 1.01. The van der Waals surface area contributed by atoms with Crippen molar-refractivity contribution in [2.75, 3.05) is 0 Å². The van der Waals surface area contributed by atoms with Gasteiger partial charge in [-0.2, -0.15) is 0 Å². The second kappa shape index (κ2) is 5.72. The Balaban J connectivity index is 4.11. The summed E-state index contributed by atoms with van der Waals surface area (Å²) in [6, 6.07) is 0. The Morgan fingerprint density at radius 2 is 2.18 bits per heavy atom. The van der Waals surface area contributed by atoms with Gasteiger partial charge in [0, 0.05) is 12.1 Å². The van der Waals surface area contributed by atoms with Crippen LogP contribution < -0.4 is 0 Å². The molecule has 2 heteroatoms. The molecule has 0 amide bonds. The minimum absolute atomic E-state index is 0.144. The molecule has 0 fully saturated rings. The van der Waals surface area contributed by atoms with Gasteiger partial charge in [0.25, 0.3) is 0 Å². The molecule has 0 aromatic heterocycles. The maximum absolute atomic E-state index is 5.56. The maximum Gasteiger partial charge on any atom is 0.136 e. The lowest BCUT2D eigenvalue weighted by Crippen LogP contribution is -2.07. The maximum atomic E-state index is 5.56. The normalized spacial score (nSPS) is 14.8. The highest BCUT2D eigenvalue weighted by molar-refractivity contribution is 6.60. The first-order valence-corrected chi connectivity index (χ1v) is 3.45. The zero-order chi connectivity index (χ0) is 8.69. The molecule has 0 saturated carbocycles. The van der Waals surface area contributed by atoms with Gasteiger partial charge in [-0.1, -0.05) is 38.3 Å². The van der Waals surface area contributed by atoms with Crippen LogP contribution in [0, 0.1) is 5.92 Å². The van der Waals surface area contributed by atoms with Gasteiger partial charge in [0.1, 0.15) is 7.85 Å². The highest BCUT2D eigenvalue weighted by atomic mass is 14.7. The van der Waals surface area contributed by atoms with Crippen LogP contribution in [-0.2, 0) is 0 Å². The van der Waals surface area contributed by atoms with Crippen LogP contribution in [0.2, 0.25) is 0 Å². The molecule has 0 aliphatic rings. The van der Waals surface area contributed by atoms with E-state index >= 15 is 0 Å². The first kappa shape index (κ1) is 9.95. The Morgan fingerprint density at radius 3 is 2.64 bits per heavy atom. The van der Waals surface area contributed by atoms with Gasteiger partial charge in [0.15, 0.2) is 0 Å². The van der Waals surface area contributed by atoms with Crippen LogP contribution in [0.1, 0.15) is 6.92 Å². The zero-order valence-corrected chi connectivity index (χ0v) is 6.83. The number of rotatable bonds is 4. The predicted octanol–water partition coefficient (Wildman–Crippen LogP) is 2.08. The van der Waals surface area contributed by atoms with Crippen molar-refractivity contribution in [1.82, 2.24) is 0 Å². The molecular weight excluding hydrogens is 133 g/mol. The largest absolute Gasteiger partial charge is 0.277 e. The molecule has 1 atom stereocenters. The molecule has 0 aromatic carbocycles. The summed E-state index contributed by atoms with van der Waals surface area (Å²) in [5.74, 6) is 0.144. The van der Waals surface area contributed by atoms with Gasteiger partial charge in [-0.05, 0) is 5.61 Å². The molecule has 0 heterocycles. The van der Waals surface area contributed by atoms with Gasteiger partial charge < -0.3 is 0 Å². The van der Waals surface area contributed by atoms with E-state index in [1.165, 1.54) is 6.20 Å². The van der Waals surface area contributed by atoms with Crippen molar-refractivity contribution in [3.8, 4) is 0 Å². The quantitative estimate of drug-likeness (QED) is 0.326. The van der Waals surface area contributed by atoms with Crippen LogP contribution in [-0.4, -0.2) is 13.5 Å². The summed E-state index contributed by atoms with van der Waals surface area (Å²) in [5, 5.41) is 0. The van der Waals surface area contributed by atoms with Gasteiger partial charge in [-0.25, -0.2) is 0 Å². The fourth-order valence-electron chi connectivity index (χ4n) is 0.567. The molecule has 56 valence electrons. The topological polar surface area (TPSA) is 12.4 Å². The van der Waals surface area contributed by atoms with Crippen molar-refractivity contribution in [2.24, 2.45) is 10.9 Å². The standard InChI is InChI=1S/C9H12BN/c1-4-6-7-8(3)9(10)11-5-2/h4-8H,1-2H2,3H3/b7-6-,11-9?. The van der Waals surface area contributed by atoms with E-state index < -0.39 is 0 Å². The minimum atomic E-state index is 0.144. The van der Waals surface area contributed by atoms with Crippen LogP contribution >= 0.6 is 0 Å². The molecule has 0 aromatic rings. The number of allylic oxidation sites excluding steroid dienone is 3. The first-order chi connectivity index (χ1) is 5.22. The lowest BCUT2D eigenvalue weighted by atomic mass is 9.89. The molecule has 1 unspecified atom stereocenters. The molecule has 2 radical (unpaired) electrons. The Labute approximate surface area is 69.6 Å². The Morgan fingerprint density at radius 1 is 1.55 bits per heavy atom. The van der Waals surface area contributed by atoms with Gasteiger partial charge in [0.05, 0.1) is 0 Å². The number of hydrogen-bond acceptors (Lipinski definition) is 1. The molecule has 0 N–H and O–H groups in total. The van der Waals surface area contributed by atoms with Crippen molar-refractivity contribution in [3.63, 3.8) is 0 Å². The molecule has 0 saturated heterocycles. The molecule has 0 spiro atoms. The van der Waals surface area contributed by atoms with Crippen molar-refractivity contribution < 1.29 is 0 Å². The van der Waals surface area contributed by atoms with E-state index in [4.69, 9.17) is 7.85 Å². The van der Waals surface area contributed by atoms with E-state index in [0.717, 1.165) is 0 Å². The molecular formula is C9H12BN. The smallest absolute Gasteiger partial charge is 0.136 e. The molecule has 11 heavy (non-hydrogen) atoms.